The zero-order valence-electron chi connectivity index (χ0n) is 10.8. The highest BCUT2D eigenvalue weighted by Crippen LogP contribution is 2.58. The van der Waals surface area contributed by atoms with Gasteiger partial charge >= 0.3 is 0 Å². The fourth-order valence-corrected chi connectivity index (χ4v) is 3.84. The molecule has 1 spiro atoms. The quantitative estimate of drug-likeness (QED) is 0.789. The Bertz CT molecular complexity index is 549. The third-order valence-corrected chi connectivity index (χ3v) is 4.38. The van der Waals surface area contributed by atoms with Crippen LogP contribution in [-0.4, -0.2) is 11.8 Å². The predicted molar refractivity (Wildman–Crippen MR) is 67.7 cm³/mol. The molecule has 3 rings (SSSR count). The fraction of sp³-hybridized carbons (Fsp3) is 0.467. The van der Waals surface area contributed by atoms with Crippen LogP contribution in [0.15, 0.2) is 24.3 Å². The number of amides is 2. The zero-order chi connectivity index (χ0) is 13.6. The minimum absolute atomic E-state index is 0.232. The van der Waals surface area contributed by atoms with Crippen LogP contribution in [-0.2, 0) is 9.59 Å². The summed E-state index contributed by atoms with van der Waals surface area (Å²) in [7, 11) is 0. The smallest absolute Gasteiger partial charge is 0.234 e. The molecule has 1 unspecified atom stereocenters. The minimum atomic E-state index is -0.539. The van der Waals surface area contributed by atoms with E-state index in [1.165, 1.54) is 6.07 Å². The first-order valence-electron chi connectivity index (χ1n) is 6.60. The van der Waals surface area contributed by atoms with Crippen molar-refractivity contribution in [3.63, 3.8) is 0 Å². The Morgan fingerprint density at radius 2 is 1.95 bits per heavy atom. The van der Waals surface area contributed by atoms with E-state index in [2.05, 4.69) is 12.2 Å². The van der Waals surface area contributed by atoms with Crippen LogP contribution in [0, 0.1) is 17.2 Å². The Morgan fingerprint density at radius 1 is 1.26 bits per heavy atom. The van der Waals surface area contributed by atoms with Crippen LogP contribution in [0.5, 0.6) is 0 Å². The maximum atomic E-state index is 14.0. The molecule has 2 amide bonds. The lowest BCUT2D eigenvalue weighted by Gasteiger charge is -2.52. The molecule has 2 fully saturated rings. The third kappa shape index (κ3) is 1.86. The molecule has 1 heterocycles. The first-order chi connectivity index (χ1) is 9.02. The number of benzene rings is 1. The van der Waals surface area contributed by atoms with E-state index in [9.17, 15) is 14.0 Å². The van der Waals surface area contributed by atoms with E-state index in [-0.39, 0.29) is 23.0 Å². The van der Waals surface area contributed by atoms with E-state index < -0.39 is 5.92 Å². The van der Waals surface area contributed by atoms with Gasteiger partial charge in [-0.3, -0.25) is 14.9 Å². The van der Waals surface area contributed by atoms with Crippen molar-refractivity contribution in [2.24, 2.45) is 11.3 Å². The van der Waals surface area contributed by atoms with Gasteiger partial charge in [-0.15, -0.1) is 0 Å². The average molecular weight is 261 g/mol. The number of carbonyl (C=O) groups excluding carboxylic acids is 2. The van der Waals surface area contributed by atoms with Crippen LogP contribution >= 0.6 is 0 Å². The van der Waals surface area contributed by atoms with Gasteiger partial charge in [0.05, 0.1) is 5.92 Å². The van der Waals surface area contributed by atoms with E-state index in [1.54, 1.807) is 18.2 Å². The molecule has 19 heavy (non-hydrogen) atoms. The highest BCUT2D eigenvalue weighted by Gasteiger charge is 2.55. The molecule has 100 valence electrons. The molecule has 4 heteroatoms. The molecule has 1 aromatic rings. The van der Waals surface area contributed by atoms with E-state index >= 15 is 0 Å². The van der Waals surface area contributed by atoms with Gasteiger partial charge in [0, 0.05) is 12.0 Å². The summed E-state index contributed by atoms with van der Waals surface area (Å²) in [6, 6.07) is 6.37. The second-order valence-electron chi connectivity index (χ2n) is 5.92. The molecule has 0 aromatic heterocycles. The molecule has 1 saturated carbocycles. The highest BCUT2D eigenvalue weighted by atomic mass is 19.1. The summed E-state index contributed by atoms with van der Waals surface area (Å²) < 4.78 is 14.0. The first-order valence-corrected chi connectivity index (χ1v) is 6.60. The number of nitrogens with one attached hydrogen (secondary N) is 1. The van der Waals surface area contributed by atoms with E-state index in [0.29, 0.717) is 17.9 Å². The lowest BCUT2D eigenvalue weighted by Crippen LogP contribution is -2.55. The summed E-state index contributed by atoms with van der Waals surface area (Å²) in [4.78, 5) is 23.8. The van der Waals surface area contributed by atoms with Crippen molar-refractivity contribution in [2.45, 2.75) is 32.1 Å². The summed E-state index contributed by atoms with van der Waals surface area (Å²) in [5, 5.41) is 2.35. The number of hydrogen-bond donors (Lipinski definition) is 1. The molecule has 1 N–H and O–H groups in total. The molecule has 1 aliphatic heterocycles. The minimum Gasteiger partial charge on any atom is -0.296 e. The number of imide groups is 1. The van der Waals surface area contributed by atoms with Crippen molar-refractivity contribution in [2.75, 3.05) is 0 Å². The lowest BCUT2D eigenvalue weighted by atomic mass is 9.52. The van der Waals surface area contributed by atoms with Crippen molar-refractivity contribution in [3.8, 4) is 0 Å². The normalized spacial score (nSPS) is 34.0. The molecule has 1 atom stereocenters. The summed E-state index contributed by atoms with van der Waals surface area (Å²) in [6.07, 6.45) is 1.94. The Labute approximate surface area is 111 Å². The molecule has 1 saturated heterocycles. The van der Waals surface area contributed by atoms with Gasteiger partial charge in [-0.25, -0.2) is 4.39 Å². The molecule has 3 nitrogen and oxygen atoms in total. The summed E-state index contributed by atoms with van der Waals surface area (Å²) in [5.41, 5.74) is 0.0421. The van der Waals surface area contributed by atoms with Crippen LogP contribution in [0.4, 0.5) is 4.39 Å². The predicted octanol–water partition coefficient (Wildman–Crippen LogP) is 2.37. The highest BCUT2D eigenvalue weighted by molar-refractivity contribution is 6.02. The molecule has 1 aromatic carbocycles. The summed E-state index contributed by atoms with van der Waals surface area (Å²) in [5.74, 6) is -0.996. The second-order valence-corrected chi connectivity index (χ2v) is 5.92. The van der Waals surface area contributed by atoms with Gasteiger partial charge in [0.25, 0.3) is 0 Å². The number of carbonyl (C=O) groups is 2. The maximum absolute atomic E-state index is 14.0. The van der Waals surface area contributed by atoms with E-state index in [1.807, 2.05) is 0 Å². The number of hydrogen-bond acceptors (Lipinski definition) is 2. The van der Waals surface area contributed by atoms with Crippen molar-refractivity contribution in [1.82, 2.24) is 5.32 Å². The largest absolute Gasteiger partial charge is 0.296 e. The van der Waals surface area contributed by atoms with Crippen LogP contribution in [0.25, 0.3) is 0 Å². The average Bonchev–Trinajstić information content (AvgIpc) is 2.28. The standard InChI is InChI=1S/C15H16FNO2/c1-9-6-15(7-9)8-12(18)17-14(19)13(15)10-4-2-3-5-11(10)16/h2-5,9,13H,6-8H2,1H3,(H,17,18,19). The van der Waals surface area contributed by atoms with Gasteiger partial charge in [0.15, 0.2) is 0 Å². The van der Waals surface area contributed by atoms with Gasteiger partial charge in [-0.2, -0.15) is 0 Å². The molecular weight excluding hydrogens is 245 g/mol. The van der Waals surface area contributed by atoms with Gasteiger partial charge < -0.3 is 0 Å². The fourth-order valence-electron chi connectivity index (χ4n) is 3.84. The van der Waals surface area contributed by atoms with E-state index in [4.69, 9.17) is 0 Å². The van der Waals surface area contributed by atoms with Crippen LogP contribution in [0.2, 0.25) is 0 Å². The maximum Gasteiger partial charge on any atom is 0.234 e. The Hall–Kier alpha value is -1.71. The van der Waals surface area contributed by atoms with Gasteiger partial charge in [-0.1, -0.05) is 25.1 Å². The van der Waals surface area contributed by atoms with Gasteiger partial charge in [0.2, 0.25) is 11.8 Å². The number of piperidine rings is 1. The lowest BCUT2D eigenvalue weighted by molar-refractivity contribution is -0.145. The van der Waals surface area contributed by atoms with Gasteiger partial charge in [-0.05, 0) is 30.2 Å². The monoisotopic (exact) mass is 261 g/mol. The van der Waals surface area contributed by atoms with Crippen molar-refractivity contribution >= 4 is 11.8 Å². The molecule has 2 aliphatic rings. The molecule has 1 aliphatic carbocycles. The molecule has 0 bridgehead atoms. The summed E-state index contributed by atoms with van der Waals surface area (Å²) in [6.45, 7) is 2.10. The first kappa shape index (κ1) is 12.3. The zero-order valence-corrected chi connectivity index (χ0v) is 10.8. The second kappa shape index (κ2) is 4.15. The molecule has 0 radical (unpaired) electrons. The van der Waals surface area contributed by atoms with Crippen molar-refractivity contribution in [3.05, 3.63) is 35.6 Å². The van der Waals surface area contributed by atoms with E-state index in [0.717, 1.165) is 12.8 Å². The van der Waals surface area contributed by atoms with Gasteiger partial charge in [0.1, 0.15) is 5.82 Å². The Morgan fingerprint density at radius 3 is 2.58 bits per heavy atom. The number of rotatable bonds is 1. The molecular formula is C15H16FNO2. The number of halogens is 1. The van der Waals surface area contributed by atoms with Crippen molar-refractivity contribution < 1.29 is 14.0 Å². The SMILES string of the molecule is CC1CC2(CC(=O)NC(=O)C2c2ccccc2F)C1. The van der Waals surface area contributed by atoms with Crippen LogP contribution in [0.1, 0.15) is 37.7 Å². The topological polar surface area (TPSA) is 46.2 Å². The van der Waals surface area contributed by atoms with Crippen LogP contribution in [0.3, 0.4) is 0 Å². The Kier molecular flexibility index (Phi) is 2.69. The third-order valence-electron chi connectivity index (χ3n) is 4.38. The summed E-state index contributed by atoms with van der Waals surface area (Å²) >= 11 is 0. The Balaban J connectivity index is 2.04. The van der Waals surface area contributed by atoms with Crippen LogP contribution < -0.4 is 5.32 Å². The van der Waals surface area contributed by atoms with Crippen molar-refractivity contribution in [1.29, 1.82) is 0 Å².